The van der Waals surface area contributed by atoms with Crippen LogP contribution in [0, 0.1) is 0 Å². The molecule has 128 valence electrons. The van der Waals surface area contributed by atoms with Crippen molar-refractivity contribution in [1.29, 1.82) is 0 Å². The number of ether oxygens (including phenoxy) is 3. The van der Waals surface area contributed by atoms with E-state index in [2.05, 4.69) is 5.32 Å². The van der Waals surface area contributed by atoms with Gasteiger partial charge in [0.1, 0.15) is 5.75 Å². The highest BCUT2D eigenvalue weighted by molar-refractivity contribution is 5.77. The van der Waals surface area contributed by atoms with Crippen LogP contribution < -0.4 is 19.5 Å². The Morgan fingerprint density at radius 1 is 1.08 bits per heavy atom. The maximum Gasteiger partial charge on any atom is 0.258 e. The van der Waals surface area contributed by atoms with Crippen molar-refractivity contribution in [3.63, 3.8) is 0 Å². The zero-order valence-electron chi connectivity index (χ0n) is 14.2. The van der Waals surface area contributed by atoms with Crippen molar-refractivity contribution in [2.75, 3.05) is 13.7 Å². The third kappa shape index (κ3) is 5.50. The first-order valence-corrected chi connectivity index (χ1v) is 7.86. The van der Waals surface area contributed by atoms with Crippen molar-refractivity contribution in [3.8, 4) is 17.2 Å². The van der Waals surface area contributed by atoms with Gasteiger partial charge in [0.2, 0.25) is 0 Å². The molecule has 0 aliphatic rings. The van der Waals surface area contributed by atoms with E-state index in [1.807, 2.05) is 62.4 Å². The average Bonchev–Trinajstić information content (AvgIpc) is 2.59. The van der Waals surface area contributed by atoms with E-state index < -0.39 is 0 Å². The Hall–Kier alpha value is -2.69. The van der Waals surface area contributed by atoms with E-state index in [4.69, 9.17) is 14.2 Å². The fourth-order valence-corrected chi connectivity index (χ4v) is 2.09. The number of amides is 1. The molecule has 24 heavy (non-hydrogen) atoms. The largest absolute Gasteiger partial charge is 0.493 e. The van der Waals surface area contributed by atoms with E-state index in [1.54, 1.807) is 7.11 Å². The fraction of sp³-hybridized carbons (Fsp3) is 0.316. The molecule has 0 saturated heterocycles. The summed E-state index contributed by atoms with van der Waals surface area (Å²) >= 11 is 0. The topological polar surface area (TPSA) is 56.8 Å². The van der Waals surface area contributed by atoms with Crippen molar-refractivity contribution in [2.24, 2.45) is 0 Å². The minimum absolute atomic E-state index is 0.0182. The quantitative estimate of drug-likeness (QED) is 0.808. The zero-order valence-corrected chi connectivity index (χ0v) is 14.2. The summed E-state index contributed by atoms with van der Waals surface area (Å²) < 4.78 is 16.4. The zero-order chi connectivity index (χ0) is 17.4. The molecule has 0 heterocycles. The summed E-state index contributed by atoms with van der Waals surface area (Å²) in [6.07, 6.45) is 0.0691. The van der Waals surface area contributed by atoms with Gasteiger partial charge in [-0.15, -0.1) is 0 Å². The molecule has 0 bridgehead atoms. The first kappa shape index (κ1) is 17.7. The van der Waals surface area contributed by atoms with E-state index in [1.165, 1.54) is 0 Å². The second kappa shape index (κ2) is 8.82. The molecule has 0 radical (unpaired) electrons. The summed E-state index contributed by atoms with van der Waals surface area (Å²) in [4.78, 5) is 11.9. The Balaban J connectivity index is 1.86. The molecule has 2 aromatic carbocycles. The van der Waals surface area contributed by atoms with Gasteiger partial charge in [-0.2, -0.15) is 0 Å². The molecule has 0 fully saturated rings. The Bertz CT molecular complexity index is 656. The molecule has 2 rings (SSSR count). The second-order valence-electron chi connectivity index (χ2n) is 5.53. The summed E-state index contributed by atoms with van der Waals surface area (Å²) in [5.41, 5.74) is 0.927. The highest BCUT2D eigenvalue weighted by Gasteiger charge is 2.09. The van der Waals surface area contributed by atoms with Gasteiger partial charge < -0.3 is 19.5 Å². The van der Waals surface area contributed by atoms with Crippen LogP contribution in [0.25, 0.3) is 0 Å². The van der Waals surface area contributed by atoms with E-state index in [0.29, 0.717) is 23.8 Å². The van der Waals surface area contributed by atoms with E-state index in [9.17, 15) is 4.79 Å². The van der Waals surface area contributed by atoms with Crippen molar-refractivity contribution in [1.82, 2.24) is 5.32 Å². The number of carbonyl (C=O) groups excluding carboxylic acids is 1. The molecule has 5 heteroatoms. The van der Waals surface area contributed by atoms with Gasteiger partial charge in [0, 0.05) is 6.54 Å². The van der Waals surface area contributed by atoms with E-state index >= 15 is 0 Å². The van der Waals surface area contributed by atoms with Gasteiger partial charge in [0.15, 0.2) is 18.1 Å². The summed E-state index contributed by atoms with van der Waals surface area (Å²) in [5.74, 6) is 1.83. The molecule has 2 aromatic rings. The van der Waals surface area contributed by atoms with E-state index in [-0.39, 0.29) is 18.6 Å². The lowest BCUT2D eigenvalue weighted by Gasteiger charge is -2.14. The third-order valence-corrected chi connectivity index (χ3v) is 3.19. The van der Waals surface area contributed by atoms with Gasteiger partial charge in [-0.3, -0.25) is 4.79 Å². The molecule has 5 nitrogen and oxygen atoms in total. The Labute approximate surface area is 142 Å². The van der Waals surface area contributed by atoms with E-state index in [0.717, 1.165) is 5.56 Å². The number of hydrogen-bond acceptors (Lipinski definition) is 4. The van der Waals surface area contributed by atoms with Crippen molar-refractivity contribution in [3.05, 3.63) is 54.1 Å². The molecule has 0 unspecified atom stereocenters. The summed E-state index contributed by atoms with van der Waals surface area (Å²) in [7, 11) is 1.60. The highest BCUT2D eigenvalue weighted by atomic mass is 16.5. The van der Waals surface area contributed by atoms with Crippen LogP contribution in [0.4, 0.5) is 0 Å². The Morgan fingerprint density at radius 3 is 2.50 bits per heavy atom. The smallest absolute Gasteiger partial charge is 0.258 e. The lowest BCUT2D eigenvalue weighted by atomic mass is 10.2. The van der Waals surface area contributed by atoms with Crippen LogP contribution >= 0.6 is 0 Å². The van der Waals surface area contributed by atoms with Crippen LogP contribution in [0.5, 0.6) is 17.2 Å². The van der Waals surface area contributed by atoms with Gasteiger partial charge in [0.25, 0.3) is 5.91 Å². The Kier molecular flexibility index (Phi) is 6.49. The van der Waals surface area contributed by atoms with Gasteiger partial charge in [0.05, 0.1) is 13.2 Å². The first-order valence-electron chi connectivity index (χ1n) is 7.86. The maximum atomic E-state index is 11.9. The third-order valence-electron chi connectivity index (χ3n) is 3.19. The van der Waals surface area contributed by atoms with Gasteiger partial charge in [-0.05, 0) is 43.7 Å². The standard InChI is InChI=1S/C19H23NO4/c1-14(2)24-17-10-9-15(11-18(17)22-3)12-20-19(21)13-23-16-7-5-4-6-8-16/h4-11,14H,12-13H2,1-3H3,(H,20,21). The SMILES string of the molecule is COc1cc(CNC(=O)COc2ccccc2)ccc1OC(C)C. The molecule has 0 saturated carbocycles. The van der Waals surface area contributed by atoms with Gasteiger partial charge in [-0.25, -0.2) is 0 Å². The monoisotopic (exact) mass is 329 g/mol. The second-order valence-corrected chi connectivity index (χ2v) is 5.53. The van der Waals surface area contributed by atoms with Crippen LogP contribution in [0.15, 0.2) is 48.5 Å². The number of rotatable bonds is 8. The van der Waals surface area contributed by atoms with Crippen LogP contribution in [-0.4, -0.2) is 25.7 Å². The number of hydrogen-bond donors (Lipinski definition) is 1. The number of methoxy groups -OCH3 is 1. The maximum absolute atomic E-state index is 11.9. The summed E-state index contributed by atoms with van der Waals surface area (Å²) in [6.45, 7) is 4.30. The van der Waals surface area contributed by atoms with Gasteiger partial charge in [-0.1, -0.05) is 24.3 Å². The highest BCUT2D eigenvalue weighted by Crippen LogP contribution is 2.28. The predicted octanol–water partition coefficient (Wildman–Crippen LogP) is 3.18. The normalized spacial score (nSPS) is 10.3. The van der Waals surface area contributed by atoms with Crippen molar-refractivity contribution in [2.45, 2.75) is 26.5 Å². The number of nitrogens with one attached hydrogen (secondary N) is 1. The molecule has 1 N–H and O–H groups in total. The summed E-state index contributed by atoms with van der Waals surface area (Å²) in [5, 5.41) is 2.82. The molecule has 0 spiro atoms. The molecule has 0 aliphatic carbocycles. The summed E-state index contributed by atoms with van der Waals surface area (Å²) in [6, 6.07) is 14.8. The minimum Gasteiger partial charge on any atom is -0.493 e. The molecule has 0 aliphatic heterocycles. The number of carbonyl (C=O) groups is 1. The molecule has 0 atom stereocenters. The molecule has 0 aromatic heterocycles. The predicted molar refractivity (Wildman–Crippen MR) is 92.5 cm³/mol. The van der Waals surface area contributed by atoms with Crippen LogP contribution in [-0.2, 0) is 11.3 Å². The lowest BCUT2D eigenvalue weighted by molar-refractivity contribution is -0.123. The fourth-order valence-electron chi connectivity index (χ4n) is 2.09. The van der Waals surface area contributed by atoms with Gasteiger partial charge >= 0.3 is 0 Å². The van der Waals surface area contributed by atoms with Crippen LogP contribution in [0.3, 0.4) is 0 Å². The average molecular weight is 329 g/mol. The van der Waals surface area contributed by atoms with Crippen LogP contribution in [0.1, 0.15) is 19.4 Å². The van der Waals surface area contributed by atoms with Crippen molar-refractivity contribution < 1.29 is 19.0 Å². The molecular weight excluding hydrogens is 306 g/mol. The Morgan fingerprint density at radius 2 is 1.83 bits per heavy atom. The molecular formula is C19H23NO4. The first-order chi connectivity index (χ1) is 11.6. The number of para-hydroxylation sites is 1. The minimum atomic E-state index is -0.180. The van der Waals surface area contributed by atoms with Crippen molar-refractivity contribution >= 4 is 5.91 Å². The molecule has 1 amide bonds. The number of benzene rings is 2. The van der Waals surface area contributed by atoms with Crippen LogP contribution in [0.2, 0.25) is 0 Å². The lowest BCUT2D eigenvalue weighted by Crippen LogP contribution is -2.28.